The van der Waals surface area contributed by atoms with E-state index in [1.807, 2.05) is 0 Å². The maximum Gasteiger partial charge on any atom is 0.134 e. The average Bonchev–Trinajstić information content (AvgIpc) is 2.79. The minimum absolute atomic E-state index is 0.753. The predicted octanol–water partition coefficient (Wildman–Crippen LogP) is 1.83. The molecule has 6 heteroatoms. The molecule has 0 bridgehead atoms. The van der Waals surface area contributed by atoms with Gasteiger partial charge in [-0.2, -0.15) is 0 Å². The van der Waals surface area contributed by atoms with Gasteiger partial charge in [-0.15, -0.1) is 5.10 Å². The fourth-order valence-corrected chi connectivity index (χ4v) is 2.06. The summed E-state index contributed by atoms with van der Waals surface area (Å²) in [6.07, 6.45) is 1.11. The minimum atomic E-state index is 0.753. The van der Waals surface area contributed by atoms with Crippen LogP contribution in [0.3, 0.4) is 0 Å². The van der Waals surface area contributed by atoms with Gasteiger partial charge in [0.25, 0.3) is 0 Å². The highest BCUT2D eigenvalue weighted by molar-refractivity contribution is 7.10. The van der Waals surface area contributed by atoms with Crippen LogP contribution in [0.1, 0.15) is 26.0 Å². The number of nitrogens with zero attached hydrogens (tertiary/aromatic N) is 3. The van der Waals surface area contributed by atoms with Gasteiger partial charge in [0.2, 0.25) is 0 Å². The summed E-state index contributed by atoms with van der Waals surface area (Å²) in [7, 11) is 1.73. The van der Waals surface area contributed by atoms with Crippen molar-refractivity contribution >= 4 is 16.5 Å². The minimum Gasteiger partial charge on any atom is -0.383 e. The summed E-state index contributed by atoms with van der Waals surface area (Å²) < 4.78 is 9.11. The molecule has 0 saturated heterocycles. The molecule has 1 rings (SSSR count). The number of aromatic nitrogens is 2. The summed E-state index contributed by atoms with van der Waals surface area (Å²) in [5.74, 6) is 0. The number of ether oxygens (including phenoxy) is 1. The SMILES string of the molecule is CCCNc1snnc1CN(CC)CCOC. The Kier molecular flexibility index (Phi) is 7.07. The van der Waals surface area contributed by atoms with Crippen molar-refractivity contribution in [2.75, 3.05) is 38.7 Å². The van der Waals surface area contributed by atoms with Crippen molar-refractivity contribution in [1.29, 1.82) is 0 Å². The summed E-state index contributed by atoms with van der Waals surface area (Å²) in [6, 6.07) is 0. The van der Waals surface area contributed by atoms with Gasteiger partial charge in [-0.1, -0.05) is 18.3 Å². The molecule has 1 aromatic heterocycles. The predicted molar refractivity (Wildman–Crippen MR) is 71.5 cm³/mol. The number of hydrogen-bond donors (Lipinski definition) is 1. The van der Waals surface area contributed by atoms with E-state index in [9.17, 15) is 0 Å². The second-order valence-electron chi connectivity index (χ2n) is 3.84. The van der Waals surface area contributed by atoms with Crippen LogP contribution in [0.5, 0.6) is 0 Å². The van der Waals surface area contributed by atoms with E-state index >= 15 is 0 Å². The average molecular weight is 258 g/mol. The molecule has 1 heterocycles. The van der Waals surface area contributed by atoms with Crippen LogP contribution in [0.15, 0.2) is 0 Å². The van der Waals surface area contributed by atoms with Crippen LogP contribution < -0.4 is 5.32 Å². The van der Waals surface area contributed by atoms with E-state index in [-0.39, 0.29) is 0 Å². The lowest BCUT2D eigenvalue weighted by atomic mass is 10.3. The third-order valence-corrected chi connectivity index (χ3v) is 3.25. The van der Waals surface area contributed by atoms with Gasteiger partial charge in [-0.25, -0.2) is 0 Å². The van der Waals surface area contributed by atoms with Gasteiger partial charge in [0, 0.05) is 38.3 Å². The molecule has 0 spiro atoms. The molecule has 0 aliphatic carbocycles. The molecule has 0 aliphatic rings. The number of hydrogen-bond acceptors (Lipinski definition) is 6. The zero-order valence-corrected chi connectivity index (χ0v) is 11.7. The Morgan fingerprint density at radius 1 is 1.41 bits per heavy atom. The fraction of sp³-hybridized carbons (Fsp3) is 0.818. The standard InChI is InChI=1S/C11H22N4OS/c1-4-6-12-11-10(13-14-17-11)9-15(5-2)7-8-16-3/h12H,4-9H2,1-3H3. The lowest BCUT2D eigenvalue weighted by Crippen LogP contribution is -2.27. The highest BCUT2D eigenvalue weighted by atomic mass is 32.1. The first-order valence-electron chi connectivity index (χ1n) is 6.08. The second kappa shape index (κ2) is 8.38. The summed E-state index contributed by atoms with van der Waals surface area (Å²) in [4.78, 5) is 2.30. The van der Waals surface area contributed by atoms with Gasteiger partial charge in [-0.05, 0) is 13.0 Å². The molecular formula is C11H22N4OS. The van der Waals surface area contributed by atoms with E-state index in [1.165, 1.54) is 11.5 Å². The molecule has 0 unspecified atom stereocenters. The molecule has 0 amide bonds. The maximum absolute atomic E-state index is 5.10. The van der Waals surface area contributed by atoms with Gasteiger partial charge in [-0.3, -0.25) is 4.90 Å². The van der Waals surface area contributed by atoms with Gasteiger partial charge in [0.15, 0.2) is 0 Å². The number of rotatable bonds is 9. The van der Waals surface area contributed by atoms with Gasteiger partial charge in [0.1, 0.15) is 10.7 Å². The lowest BCUT2D eigenvalue weighted by molar-refractivity contribution is 0.147. The molecule has 17 heavy (non-hydrogen) atoms. The molecule has 0 aromatic carbocycles. The van der Waals surface area contributed by atoms with Crippen LogP contribution in [-0.4, -0.2) is 47.8 Å². The Morgan fingerprint density at radius 3 is 2.88 bits per heavy atom. The van der Waals surface area contributed by atoms with Crippen LogP contribution in [-0.2, 0) is 11.3 Å². The summed E-state index contributed by atoms with van der Waals surface area (Å²) in [5.41, 5.74) is 1.04. The van der Waals surface area contributed by atoms with E-state index in [0.717, 1.165) is 49.9 Å². The zero-order chi connectivity index (χ0) is 12.5. The van der Waals surface area contributed by atoms with Crippen molar-refractivity contribution in [2.24, 2.45) is 0 Å². The van der Waals surface area contributed by atoms with Crippen molar-refractivity contribution in [2.45, 2.75) is 26.8 Å². The third kappa shape index (κ3) is 4.97. The molecule has 0 fully saturated rings. The van der Waals surface area contributed by atoms with Crippen molar-refractivity contribution < 1.29 is 4.74 Å². The zero-order valence-electron chi connectivity index (χ0n) is 10.9. The molecule has 5 nitrogen and oxygen atoms in total. The molecule has 0 atom stereocenters. The maximum atomic E-state index is 5.10. The second-order valence-corrected chi connectivity index (χ2v) is 4.59. The first-order chi connectivity index (χ1) is 8.31. The molecule has 98 valence electrons. The molecule has 1 aromatic rings. The van der Waals surface area contributed by atoms with Gasteiger partial charge >= 0.3 is 0 Å². The molecule has 1 N–H and O–H groups in total. The van der Waals surface area contributed by atoms with E-state index < -0.39 is 0 Å². The van der Waals surface area contributed by atoms with E-state index in [0.29, 0.717) is 0 Å². The number of nitrogens with one attached hydrogen (secondary N) is 1. The van der Waals surface area contributed by atoms with E-state index in [2.05, 4.69) is 33.7 Å². The van der Waals surface area contributed by atoms with Crippen LogP contribution in [0, 0.1) is 0 Å². The molecule has 0 saturated carbocycles. The summed E-state index contributed by atoms with van der Waals surface area (Å²) >= 11 is 1.44. The van der Waals surface area contributed by atoms with Crippen LogP contribution in [0.2, 0.25) is 0 Å². The van der Waals surface area contributed by atoms with Crippen LogP contribution in [0.25, 0.3) is 0 Å². The normalized spacial score (nSPS) is 11.1. The first kappa shape index (κ1) is 14.3. The number of likely N-dealkylation sites (N-methyl/N-ethyl adjacent to an activating group) is 1. The number of anilines is 1. The van der Waals surface area contributed by atoms with Crippen molar-refractivity contribution in [3.05, 3.63) is 5.69 Å². The Labute approximate surface area is 107 Å². The fourth-order valence-electron chi connectivity index (χ4n) is 1.47. The van der Waals surface area contributed by atoms with Gasteiger partial charge < -0.3 is 10.1 Å². The lowest BCUT2D eigenvalue weighted by Gasteiger charge is -2.19. The topological polar surface area (TPSA) is 50.3 Å². The highest BCUT2D eigenvalue weighted by Crippen LogP contribution is 2.19. The Balaban J connectivity index is 2.50. The van der Waals surface area contributed by atoms with Crippen molar-refractivity contribution in [1.82, 2.24) is 14.5 Å². The molecule has 0 aliphatic heterocycles. The van der Waals surface area contributed by atoms with Gasteiger partial charge in [0.05, 0.1) is 6.61 Å². The smallest absolute Gasteiger partial charge is 0.134 e. The Hall–Kier alpha value is -0.720. The van der Waals surface area contributed by atoms with E-state index in [4.69, 9.17) is 4.74 Å². The largest absolute Gasteiger partial charge is 0.383 e. The highest BCUT2D eigenvalue weighted by Gasteiger charge is 2.11. The summed E-state index contributed by atoms with van der Waals surface area (Å²) in [6.45, 7) is 8.78. The number of methoxy groups -OCH3 is 1. The Morgan fingerprint density at radius 2 is 2.24 bits per heavy atom. The third-order valence-electron chi connectivity index (χ3n) is 2.52. The summed E-state index contributed by atoms with van der Waals surface area (Å²) in [5, 5.41) is 8.65. The van der Waals surface area contributed by atoms with E-state index in [1.54, 1.807) is 7.11 Å². The quantitative estimate of drug-likeness (QED) is 0.732. The van der Waals surface area contributed by atoms with Crippen molar-refractivity contribution in [3.63, 3.8) is 0 Å². The van der Waals surface area contributed by atoms with Crippen molar-refractivity contribution in [3.8, 4) is 0 Å². The Bertz CT molecular complexity index is 305. The monoisotopic (exact) mass is 258 g/mol. The first-order valence-corrected chi connectivity index (χ1v) is 6.85. The van der Waals surface area contributed by atoms with Crippen LogP contribution in [0.4, 0.5) is 5.00 Å². The molecule has 0 radical (unpaired) electrons. The van der Waals surface area contributed by atoms with Crippen LogP contribution >= 0.6 is 11.5 Å². The molecular weight excluding hydrogens is 236 g/mol.